The minimum Gasteiger partial charge on any atom is -0.381 e. The molecule has 7 nitrogen and oxygen atoms in total. The number of hydrogen-bond donors (Lipinski definition) is 2. The average Bonchev–Trinajstić information content (AvgIpc) is 3.97. The molecule has 2 N–H and O–H groups in total. The Kier molecular flexibility index (Phi) is 33.5. The molecule has 0 saturated carbocycles. The van der Waals surface area contributed by atoms with Crippen molar-refractivity contribution in [2.45, 2.75) is 26.7 Å². The smallest absolute Gasteiger partial charge is 0.149 e. The third-order valence-corrected chi connectivity index (χ3v) is 21.0. The predicted molar refractivity (Wildman–Crippen MR) is 277 cm³/mol. The number of nitrogens with one attached hydrogen (secondary N) is 2. The molecule has 0 atom stereocenters. The minimum atomic E-state index is -1.03. The molecule has 1 aliphatic heterocycles. The maximum atomic E-state index is 13.9. The van der Waals surface area contributed by atoms with Crippen molar-refractivity contribution < 1.29 is 43.4 Å². The summed E-state index contributed by atoms with van der Waals surface area (Å²) in [5.74, 6) is -2.46. The van der Waals surface area contributed by atoms with E-state index in [2.05, 4.69) is 159 Å². The van der Waals surface area contributed by atoms with Crippen LogP contribution in [0.1, 0.15) is 26.7 Å². The van der Waals surface area contributed by atoms with Gasteiger partial charge in [0, 0.05) is 83.8 Å². The first-order valence-corrected chi connectivity index (χ1v) is 29.8. The van der Waals surface area contributed by atoms with Gasteiger partial charge in [-0.05, 0) is 99.5 Å². The molecule has 0 aromatic heterocycles. The normalized spacial score (nSPS) is 11.1. The summed E-state index contributed by atoms with van der Waals surface area (Å²) in [6.45, 7) is 11.1. The zero-order chi connectivity index (χ0) is 47.7. The molecule has 0 radical (unpaired) electrons. The van der Waals surface area contributed by atoms with Crippen molar-refractivity contribution >= 4 is 64.3 Å². The van der Waals surface area contributed by atoms with Gasteiger partial charge in [-0.2, -0.15) is 0 Å². The molecule has 66 heavy (non-hydrogen) atoms. The van der Waals surface area contributed by atoms with Crippen LogP contribution >= 0.6 is 31.7 Å². The van der Waals surface area contributed by atoms with Crippen LogP contribution in [-0.2, 0) is 25.8 Å². The Balaban J connectivity index is 0.000000480. The summed E-state index contributed by atoms with van der Waals surface area (Å²) in [6, 6.07) is 50.0. The fraction of sp³-hybridized carbons (Fsp3) is 0.280. The Morgan fingerprint density at radius 1 is 0.470 bits per heavy atom. The molecule has 350 valence electrons. The van der Waals surface area contributed by atoms with Gasteiger partial charge in [-0.25, -0.2) is 17.6 Å². The van der Waals surface area contributed by atoms with E-state index in [0.717, 1.165) is 37.7 Å². The third-order valence-electron chi connectivity index (χ3n) is 10.4. The second kappa shape index (κ2) is 36.9. The van der Waals surface area contributed by atoms with Gasteiger partial charge in [0.25, 0.3) is 0 Å². The summed E-state index contributed by atoms with van der Waals surface area (Å²) >= 11 is 0. The van der Waals surface area contributed by atoms with Crippen LogP contribution in [0, 0.1) is 44.8 Å². The van der Waals surface area contributed by atoms with Crippen LogP contribution in [0.2, 0.25) is 0 Å². The number of hydrogen-bond acceptors (Lipinski definition) is 7. The van der Waals surface area contributed by atoms with Crippen LogP contribution in [-0.4, -0.2) is 63.8 Å². The number of nitrogens with zero attached hydrogens (tertiary/aromatic N) is 4. The van der Waals surface area contributed by atoms with Crippen molar-refractivity contribution in [2.24, 2.45) is 0 Å². The molecule has 0 aliphatic carbocycles. The Hall–Kier alpha value is -4.15. The molecule has 6 aromatic rings. The monoisotopic (exact) mass is 1060 g/mol. The predicted octanol–water partition coefficient (Wildman–Crippen LogP) is 12.0. The van der Waals surface area contributed by atoms with E-state index in [9.17, 15) is 17.6 Å². The maximum absolute atomic E-state index is 13.9. The van der Waals surface area contributed by atoms with Crippen molar-refractivity contribution in [2.75, 3.05) is 74.4 Å². The molecule has 1 aliphatic rings. The van der Waals surface area contributed by atoms with Gasteiger partial charge in [0.1, 0.15) is 35.8 Å². The standard InChI is InChI=1S/C20H26F4N2P2.2C13H13P.C4H8O.Mo.2N2/c1-3-27(4-2)9-10-28(13-25-19-7-5-15(21)11-17(19)23)14-26-20-8-6-16(22)12-18(20)24;2*1-14(12-8-4-2-5-9-12)13-10-6-3-7-11-13;1-2-4-5-3-1;;2*1-2/h5-8,11-12,25-26H,3-4,9-10,13-14H2,1-2H3;2*2-11H,1H3;1-4H2;;;/p+4. The van der Waals surface area contributed by atoms with Crippen molar-refractivity contribution in [1.82, 2.24) is 0 Å². The molecular weight excluding hydrogens is 996 g/mol. The average molecular weight is 1060 g/mol. The summed E-state index contributed by atoms with van der Waals surface area (Å²) in [7, 11) is -2.50. The van der Waals surface area contributed by atoms with Crippen LogP contribution < -0.4 is 31.9 Å². The Labute approximate surface area is 409 Å². The largest absolute Gasteiger partial charge is 0.381 e. The van der Waals surface area contributed by atoms with Gasteiger partial charge in [0.05, 0.1) is 86.4 Å². The summed E-state index contributed by atoms with van der Waals surface area (Å²) in [5, 5.41) is 36.1. The van der Waals surface area contributed by atoms with Crippen LogP contribution in [0.5, 0.6) is 0 Å². The Bertz CT molecular complexity index is 1950. The SMILES string of the molecule is C1CCOC1.CC[PH+](CC)CC[PH+](CNc1ccc(F)cc1F)CNc1ccc(F)cc1F.C[PH+](c1ccccc1)c1ccccc1.C[PH+](c1ccccc1)c1ccccc1.N#N.N#N.[Mo]. The number of anilines is 2. The summed E-state index contributed by atoms with van der Waals surface area (Å²) in [4.78, 5) is 0. The van der Waals surface area contributed by atoms with E-state index < -0.39 is 47.0 Å². The van der Waals surface area contributed by atoms with Gasteiger partial charge < -0.3 is 15.4 Å². The fourth-order valence-electron chi connectivity index (χ4n) is 6.50. The molecule has 7 rings (SSSR count). The van der Waals surface area contributed by atoms with Crippen molar-refractivity contribution in [3.05, 3.63) is 181 Å². The van der Waals surface area contributed by atoms with E-state index in [1.807, 2.05) is 0 Å². The summed E-state index contributed by atoms with van der Waals surface area (Å²) in [5.41, 5.74) is 0.543. The van der Waals surface area contributed by atoms with E-state index in [0.29, 0.717) is 12.6 Å². The second-order valence-electron chi connectivity index (χ2n) is 14.7. The van der Waals surface area contributed by atoms with Crippen LogP contribution in [0.15, 0.2) is 158 Å². The molecule has 0 spiro atoms. The van der Waals surface area contributed by atoms with Gasteiger partial charge in [-0.1, -0.05) is 72.8 Å². The fourth-order valence-corrected chi connectivity index (χ4v) is 15.3. The molecule has 0 amide bonds. The number of rotatable bonds is 15. The van der Waals surface area contributed by atoms with Crippen LogP contribution in [0.3, 0.4) is 0 Å². The van der Waals surface area contributed by atoms with E-state index in [1.54, 1.807) is 0 Å². The first-order valence-electron chi connectivity index (χ1n) is 21.6. The molecule has 0 unspecified atom stereocenters. The molecule has 1 saturated heterocycles. The minimum absolute atomic E-state index is 0. The van der Waals surface area contributed by atoms with Crippen molar-refractivity contribution in [1.29, 1.82) is 21.6 Å². The van der Waals surface area contributed by atoms with Gasteiger partial charge >= 0.3 is 0 Å². The number of benzene rings is 6. The molecule has 6 aromatic carbocycles. The zero-order valence-corrected chi connectivity index (χ0v) is 44.2. The van der Waals surface area contributed by atoms with Crippen LogP contribution in [0.4, 0.5) is 28.9 Å². The summed E-state index contributed by atoms with van der Waals surface area (Å²) in [6.07, 6.45) is 8.29. The molecular formula is C50H64F4MoN6OP4+4. The number of halogens is 4. The number of ether oxygens (including phenoxy) is 1. The van der Waals surface area contributed by atoms with Crippen LogP contribution in [0.25, 0.3) is 0 Å². The van der Waals surface area contributed by atoms with E-state index in [1.165, 1.54) is 70.6 Å². The molecule has 0 bridgehead atoms. The van der Waals surface area contributed by atoms with Gasteiger partial charge in [0.2, 0.25) is 0 Å². The first kappa shape index (κ1) is 59.9. The van der Waals surface area contributed by atoms with Gasteiger partial charge in [-0.15, -0.1) is 0 Å². The molecule has 1 heterocycles. The zero-order valence-electron chi connectivity index (χ0n) is 38.2. The van der Waals surface area contributed by atoms with E-state index >= 15 is 0 Å². The molecule has 1 fully saturated rings. The quantitative estimate of drug-likeness (QED) is 0.0454. The first-order chi connectivity index (χ1) is 31.7. The Morgan fingerprint density at radius 3 is 1.03 bits per heavy atom. The maximum Gasteiger partial charge on any atom is 0.149 e. The van der Waals surface area contributed by atoms with Crippen molar-refractivity contribution in [3.63, 3.8) is 0 Å². The van der Waals surface area contributed by atoms with E-state index in [-0.39, 0.29) is 40.4 Å². The van der Waals surface area contributed by atoms with E-state index in [4.69, 9.17) is 26.3 Å². The third kappa shape index (κ3) is 23.5. The second-order valence-corrected chi connectivity index (χ2v) is 25.6. The van der Waals surface area contributed by atoms with Gasteiger partial charge in [-0.3, -0.25) is 0 Å². The van der Waals surface area contributed by atoms with Crippen molar-refractivity contribution in [3.8, 4) is 0 Å². The van der Waals surface area contributed by atoms with Gasteiger partial charge in [0.15, 0.2) is 0 Å². The topological polar surface area (TPSA) is 128 Å². The Morgan fingerprint density at radius 2 is 0.773 bits per heavy atom. The summed E-state index contributed by atoms with van der Waals surface area (Å²) < 4.78 is 58.9. The molecule has 16 heteroatoms.